The van der Waals surface area contributed by atoms with Crippen molar-refractivity contribution >= 4 is 5.91 Å². The highest BCUT2D eigenvalue weighted by molar-refractivity contribution is 5.92. The Morgan fingerprint density at radius 1 is 1.39 bits per heavy atom. The van der Waals surface area contributed by atoms with E-state index in [1.165, 1.54) is 12.3 Å². The highest BCUT2D eigenvalue weighted by atomic mass is 19.4. The number of allylic oxidation sites excluding steroid dienone is 3. The number of nitrogens with zero attached hydrogens (tertiary/aromatic N) is 2. The van der Waals surface area contributed by atoms with Gasteiger partial charge >= 0.3 is 6.18 Å². The molecule has 23 heavy (non-hydrogen) atoms. The summed E-state index contributed by atoms with van der Waals surface area (Å²) < 4.78 is 37.7. The second kappa shape index (κ2) is 5.81. The maximum atomic E-state index is 12.6. The third-order valence-corrected chi connectivity index (χ3v) is 4.12. The first-order chi connectivity index (χ1) is 10.8. The zero-order valence-electron chi connectivity index (χ0n) is 12.3. The van der Waals surface area contributed by atoms with Crippen LogP contribution < -0.4 is 5.73 Å². The lowest BCUT2D eigenvalue weighted by molar-refractivity contribution is -0.0887. The number of nitrogens with two attached hydrogens (primary N) is 1. The first-order valence-corrected chi connectivity index (χ1v) is 7.28. The van der Waals surface area contributed by atoms with Crippen LogP contribution in [0.5, 0.6) is 0 Å². The largest absolute Gasteiger partial charge is 0.416 e. The van der Waals surface area contributed by atoms with Crippen molar-refractivity contribution in [3.8, 4) is 0 Å². The molecule has 0 spiro atoms. The number of aromatic nitrogens is 1. The Hall–Kier alpha value is -2.15. The zero-order valence-corrected chi connectivity index (χ0v) is 12.3. The molecule has 1 aliphatic heterocycles. The third kappa shape index (κ3) is 3.44. The Kier molecular flexibility index (Phi) is 3.97. The topological polar surface area (TPSA) is 59.2 Å². The average molecular weight is 323 g/mol. The van der Waals surface area contributed by atoms with Gasteiger partial charge in [-0.2, -0.15) is 13.2 Å². The number of halogens is 3. The number of rotatable bonds is 3. The molecule has 1 aliphatic carbocycles. The number of alkyl halides is 3. The van der Waals surface area contributed by atoms with Crippen LogP contribution in [-0.4, -0.2) is 28.5 Å². The Morgan fingerprint density at radius 3 is 2.78 bits per heavy atom. The highest BCUT2D eigenvalue weighted by Gasteiger charge is 2.33. The molecule has 0 fully saturated rings. The lowest BCUT2D eigenvalue weighted by Gasteiger charge is -2.23. The highest BCUT2D eigenvalue weighted by Crippen LogP contribution is 2.32. The molecule has 3 rings (SSSR count). The fourth-order valence-electron chi connectivity index (χ4n) is 2.93. The van der Waals surface area contributed by atoms with E-state index in [2.05, 4.69) is 9.88 Å². The third-order valence-electron chi connectivity index (χ3n) is 4.12. The van der Waals surface area contributed by atoms with Gasteiger partial charge in [-0.25, -0.2) is 0 Å². The molecule has 2 aliphatic rings. The van der Waals surface area contributed by atoms with Crippen LogP contribution in [0.3, 0.4) is 0 Å². The molecule has 7 heteroatoms. The van der Waals surface area contributed by atoms with Gasteiger partial charge in [-0.3, -0.25) is 14.7 Å². The van der Waals surface area contributed by atoms with Crippen LogP contribution in [0.1, 0.15) is 28.0 Å². The molecule has 0 saturated heterocycles. The monoisotopic (exact) mass is 323 g/mol. The van der Waals surface area contributed by atoms with Gasteiger partial charge in [0.25, 0.3) is 0 Å². The predicted molar refractivity (Wildman–Crippen MR) is 78.3 cm³/mol. The Bertz CT molecular complexity index is 694. The minimum absolute atomic E-state index is 0.0472. The number of primary amides is 1. The van der Waals surface area contributed by atoms with Crippen LogP contribution in [0.15, 0.2) is 36.1 Å². The summed E-state index contributed by atoms with van der Waals surface area (Å²) in [6.45, 7) is 1.92. The Labute approximate surface area is 131 Å². The van der Waals surface area contributed by atoms with Crippen LogP contribution in [0.25, 0.3) is 0 Å². The number of fused-ring (bicyclic) bond motifs is 1. The van der Waals surface area contributed by atoms with Crippen molar-refractivity contribution in [2.75, 3.05) is 6.54 Å². The lowest BCUT2D eigenvalue weighted by atomic mass is 9.96. The van der Waals surface area contributed by atoms with E-state index in [-0.39, 0.29) is 5.92 Å². The first kappa shape index (κ1) is 15.7. The summed E-state index contributed by atoms with van der Waals surface area (Å²) in [7, 11) is 0. The van der Waals surface area contributed by atoms with E-state index in [4.69, 9.17) is 5.73 Å². The van der Waals surface area contributed by atoms with Crippen molar-refractivity contribution < 1.29 is 18.0 Å². The molecule has 1 aromatic rings. The normalized spacial score (nSPS) is 21.2. The predicted octanol–water partition coefficient (Wildman–Crippen LogP) is 2.56. The maximum absolute atomic E-state index is 12.6. The minimum atomic E-state index is -4.28. The molecule has 4 nitrogen and oxygen atoms in total. The molecule has 0 saturated carbocycles. The molecule has 0 radical (unpaired) electrons. The van der Waals surface area contributed by atoms with Crippen LogP contribution >= 0.6 is 0 Å². The van der Waals surface area contributed by atoms with Gasteiger partial charge in [0, 0.05) is 25.8 Å². The summed E-state index contributed by atoms with van der Waals surface area (Å²) >= 11 is 0. The van der Waals surface area contributed by atoms with Gasteiger partial charge in [-0.05, 0) is 24.0 Å². The van der Waals surface area contributed by atoms with Crippen molar-refractivity contribution in [1.29, 1.82) is 0 Å². The van der Waals surface area contributed by atoms with Crippen LogP contribution in [-0.2, 0) is 13.1 Å². The van der Waals surface area contributed by atoms with Crippen LogP contribution in [0, 0.1) is 5.92 Å². The number of carbonyl (C=O) groups is 1. The van der Waals surface area contributed by atoms with Gasteiger partial charge in [-0.1, -0.05) is 18.2 Å². The summed E-state index contributed by atoms with van der Waals surface area (Å²) in [5, 5.41) is 0. The number of amides is 1. The van der Waals surface area contributed by atoms with E-state index in [0.717, 1.165) is 17.3 Å². The average Bonchev–Trinajstić information content (AvgIpc) is 2.87. The van der Waals surface area contributed by atoms with E-state index in [0.29, 0.717) is 31.6 Å². The van der Waals surface area contributed by atoms with E-state index < -0.39 is 17.7 Å². The standard InChI is InChI=1S/C16H16F3N3O/c17-16(18,19)13-3-1-10(2-4-13)7-22-8-12-5-11(15(20)23)6-21-14(12)9-22/h1,3-6,10H,2,7-9H2,(H2,20,23). The lowest BCUT2D eigenvalue weighted by Crippen LogP contribution is -2.25. The summed E-state index contributed by atoms with van der Waals surface area (Å²) in [6.07, 6.45) is 1.58. The molecule has 1 amide bonds. The summed E-state index contributed by atoms with van der Waals surface area (Å²) in [6, 6.07) is 1.74. The van der Waals surface area contributed by atoms with Gasteiger partial charge in [0.05, 0.1) is 16.8 Å². The van der Waals surface area contributed by atoms with Gasteiger partial charge < -0.3 is 5.73 Å². The Morgan fingerprint density at radius 2 is 2.17 bits per heavy atom. The fourth-order valence-corrected chi connectivity index (χ4v) is 2.93. The SMILES string of the molecule is NC(=O)c1cnc2c(c1)CN(CC1C=CC(C(F)(F)F)=CC1)C2. The number of hydrogen-bond acceptors (Lipinski definition) is 3. The van der Waals surface area contributed by atoms with Gasteiger partial charge in [0.2, 0.25) is 5.91 Å². The number of carbonyl (C=O) groups excluding carboxylic acids is 1. The molecule has 2 N–H and O–H groups in total. The van der Waals surface area contributed by atoms with Gasteiger partial charge in [-0.15, -0.1) is 0 Å². The number of pyridine rings is 1. The molecule has 0 bridgehead atoms. The van der Waals surface area contributed by atoms with E-state index in [9.17, 15) is 18.0 Å². The van der Waals surface area contributed by atoms with Gasteiger partial charge in [0.1, 0.15) is 0 Å². The molecule has 1 unspecified atom stereocenters. The molecule has 1 atom stereocenters. The molecule has 0 aromatic carbocycles. The van der Waals surface area contributed by atoms with Crippen LogP contribution in [0.2, 0.25) is 0 Å². The maximum Gasteiger partial charge on any atom is 0.416 e. The van der Waals surface area contributed by atoms with E-state index in [1.54, 1.807) is 12.1 Å². The quantitative estimate of drug-likeness (QED) is 0.930. The molecular weight excluding hydrogens is 307 g/mol. The summed E-state index contributed by atoms with van der Waals surface area (Å²) in [5.74, 6) is -0.468. The molecular formula is C16H16F3N3O. The molecule has 2 heterocycles. The fraction of sp³-hybridized carbons (Fsp3) is 0.375. The smallest absolute Gasteiger partial charge is 0.366 e. The Balaban J connectivity index is 1.61. The van der Waals surface area contributed by atoms with Crippen molar-refractivity contribution in [2.45, 2.75) is 25.7 Å². The van der Waals surface area contributed by atoms with E-state index in [1.807, 2.05) is 0 Å². The van der Waals surface area contributed by atoms with Crippen molar-refractivity contribution in [1.82, 2.24) is 9.88 Å². The summed E-state index contributed by atoms with van der Waals surface area (Å²) in [5.41, 5.74) is 6.88. The molecule has 1 aromatic heterocycles. The second-order valence-corrected chi connectivity index (χ2v) is 5.88. The number of hydrogen-bond donors (Lipinski definition) is 1. The van der Waals surface area contributed by atoms with Crippen molar-refractivity contribution in [3.63, 3.8) is 0 Å². The first-order valence-electron chi connectivity index (χ1n) is 7.28. The summed E-state index contributed by atoms with van der Waals surface area (Å²) in [4.78, 5) is 17.5. The minimum Gasteiger partial charge on any atom is -0.366 e. The van der Waals surface area contributed by atoms with Gasteiger partial charge in [0.15, 0.2) is 0 Å². The second-order valence-electron chi connectivity index (χ2n) is 5.88. The molecule has 122 valence electrons. The van der Waals surface area contributed by atoms with Crippen molar-refractivity contribution in [3.05, 3.63) is 52.9 Å². The van der Waals surface area contributed by atoms with E-state index >= 15 is 0 Å². The van der Waals surface area contributed by atoms with Crippen LogP contribution in [0.4, 0.5) is 13.2 Å². The van der Waals surface area contributed by atoms with Crippen molar-refractivity contribution in [2.24, 2.45) is 11.7 Å². The zero-order chi connectivity index (χ0) is 16.6.